The summed E-state index contributed by atoms with van der Waals surface area (Å²) in [6.07, 6.45) is 1.67. The number of methoxy groups -OCH3 is 1. The third kappa shape index (κ3) is 5.52. The summed E-state index contributed by atoms with van der Waals surface area (Å²) in [7, 11) is 1.58. The predicted octanol–water partition coefficient (Wildman–Crippen LogP) is 5.86. The van der Waals surface area contributed by atoms with E-state index in [2.05, 4.69) is 4.99 Å². The fraction of sp³-hybridized carbons (Fsp3) is 0.120. The van der Waals surface area contributed by atoms with E-state index in [0.717, 1.165) is 26.8 Å². The van der Waals surface area contributed by atoms with Crippen molar-refractivity contribution in [1.82, 2.24) is 0 Å². The molecule has 0 N–H and O–H groups in total. The molecule has 0 unspecified atom stereocenters. The first-order valence-corrected chi connectivity index (χ1v) is 11.3. The maximum atomic E-state index is 12.2. The van der Waals surface area contributed by atoms with E-state index in [1.54, 1.807) is 31.0 Å². The Morgan fingerprint density at radius 3 is 2.56 bits per heavy atom. The third-order valence-corrected chi connectivity index (χ3v) is 5.78. The molecule has 0 atom stereocenters. The molecule has 162 valence electrons. The lowest BCUT2D eigenvalue weighted by atomic mass is 10.1. The van der Waals surface area contributed by atoms with Crippen LogP contribution >= 0.6 is 23.4 Å². The molecule has 32 heavy (non-hydrogen) atoms. The van der Waals surface area contributed by atoms with E-state index in [9.17, 15) is 4.79 Å². The molecule has 4 rings (SSSR count). The van der Waals surface area contributed by atoms with E-state index in [1.165, 1.54) is 0 Å². The fourth-order valence-electron chi connectivity index (χ4n) is 3.01. The van der Waals surface area contributed by atoms with Crippen LogP contribution in [0.5, 0.6) is 11.5 Å². The van der Waals surface area contributed by atoms with Gasteiger partial charge in [-0.2, -0.15) is 0 Å². The van der Waals surface area contributed by atoms with Gasteiger partial charge in [0, 0.05) is 21.2 Å². The van der Waals surface area contributed by atoms with Gasteiger partial charge in [0.15, 0.2) is 17.2 Å². The van der Waals surface area contributed by atoms with Crippen LogP contribution in [0.3, 0.4) is 0 Å². The second kappa shape index (κ2) is 10.4. The Morgan fingerprint density at radius 2 is 1.81 bits per heavy atom. The number of halogens is 1. The number of thioether (sulfide) groups is 1. The number of hydrogen-bond donors (Lipinski definition) is 0. The maximum Gasteiger partial charge on any atom is 0.363 e. The molecule has 1 heterocycles. The summed E-state index contributed by atoms with van der Waals surface area (Å²) in [6, 6.07) is 22.5. The predicted molar refractivity (Wildman–Crippen MR) is 128 cm³/mol. The molecule has 0 bridgehead atoms. The van der Waals surface area contributed by atoms with Gasteiger partial charge in [0.25, 0.3) is 0 Å². The number of nitrogens with zero attached hydrogens (tertiary/aromatic N) is 1. The molecule has 0 aliphatic carbocycles. The topological polar surface area (TPSA) is 57.1 Å². The van der Waals surface area contributed by atoms with Crippen molar-refractivity contribution in [2.45, 2.75) is 4.90 Å². The Balaban J connectivity index is 1.41. The maximum absolute atomic E-state index is 12.2. The summed E-state index contributed by atoms with van der Waals surface area (Å²) < 4.78 is 16.6. The largest absolute Gasteiger partial charge is 0.493 e. The molecule has 7 heteroatoms. The van der Waals surface area contributed by atoms with Crippen LogP contribution in [0.4, 0.5) is 0 Å². The second-order valence-electron chi connectivity index (χ2n) is 6.76. The standard InChI is InChI=1S/C25H20ClNO4S/c1-29-23-16-17(15-21-25(28)31-24(27-21)18-5-3-2-4-6-18)7-12-22(23)30-13-14-32-20-10-8-19(26)9-11-20/h2-12,15-16H,13-14H2,1H3/b21-15+. The molecule has 0 fully saturated rings. The van der Waals surface area contributed by atoms with Gasteiger partial charge in [-0.3, -0.25) is 0 Å². The van der Waals surface area contributed by atoms with Gasteiger partial charge >= 0.3 is 5.97 Å². The minimum atomic E-state index is -0.484. The highest BCUT2D eigenvalue weighted by Crippen LogP contribution is 2.30. The molecule has 0 aromatic heterocycles. The Kier molecular flexibility index (Phi) is 7.14. The first kappa shape index (κ1) is 22.0. The summed E-state index contributed by atoms with van der Waals surface area (Å²) in [6.45, 7) is 0.515. The van der Waals surface area contributed by atoms with Crippen molar-refractivity contribution in [3.05, 3.63) is 94.6 Å². The summed E-state index contributed by atoms with van der Waals surface area (Å²) >= 11 is 7.60. The lowest BCUT2D eigenvalue weighted by molar-refractivity contribution is -0.129. The average Bonchev–Trinajstić information content (AvgIpc) is 3.19. The molecular weight excluding hydrogens is 446 g/mol. The fourth-order valence-corrected chi connectivity index (χ4v) is 3.86. The Hall–Kier alpha value is -3.22. The Labute approximate surface area is 195 Å². The van der Waals surface area contributed by atoms with E-state index < -0.39 is 5.97 Å². The van der Waals surface area contributed by atoms with E-state index in [1.807, 2.05) is 66.7 Å². The first-order chi connectivity index (χ1) is 15.6. The number of hydrogen-bond acceptors (Lipinski definition) is 6. The van der Waals surface area contributed by atoms with Gasteiger partial charge in [0.05, 0.1) is 13.7 Å². The van der Waals surface area contributed by atoms with Crippen molar-refractivity contribution in [3.8, 4) is 11.5 Å². The number of cyclic esters (lactones) is 1. The molecule has 0 amide bonds. The quantitative estimate of drug-likeness (QED) is 0.180. The van der Waals surface area contributed by atoms with Crippen LogP contribution in [0.2, 0.25) is 5.02 Å². The van der Waals surface area contributed by atoms with Crippen LogP contribution in [0.25, 0.3) is 6.08 Å². The molecule has 3 aromatic rings. The number of esters is 1. The number of carbonyl (C=O) groups excluding carboxylic acids is 1. The molecule has 3 aromatic carbocycles. The van der Waals surface area contributed by atoms with Crippen LogP contribution in [-0.4, -0.2) is 31.3 Å². The molecule has 1 aliphatic heterocycles. The number of aliphatic imine (C=N–C) groups is 1. The number of ether oxygens (including phenoxy) is 3. The van der Waals surface area contributed by atoms with Crippen molar-refractivity contribution in [1.29, 1.82) is 0 Å². The van der Waals surface area contributed by atoms with Crippen LogP contribution in [0.15, 0.2) is 88.4 Å². The summed E-state index contributed by atoms with van der Waals surface area (Å²) in [5, 5.41) is 0.721. The zero-order valence-electron chi connectivity index (χ0n) is 17.3. The summed E-state index contributed by atoms with van der Waals surface area (Å²) in [4.78, 5) is 17.7. The highest BCUT2D eigenvalue weighted by molar-refractivity contribution is 7.99. The van der Waals surface area contributed by atoms with Crippen LogP contribution in [0.1, 0.15) is 11.1 Å². The highest BCUT2D eigenvalue weighted by atomic mass is 35.5. The van der Waals surface area contributed by atoms with Crippen molar-refractivity contribution >= 4 is 41.3 Å². The third-order valence-electron chi connectivity index (χ3n) is 4.56. The minimum absolute atomic E-state index is 0.235. The monoisotopic (exact) mass is 465 g/mol. The molecule has 5 nitrogen and oxygen atoms in total. The van der Waals surface area contributed by atoms with E-state index in [-0.39, 0.29) is 5.70 Å². The number of benzene rings is 3. The van der Waals surface area contributed by atoms with Crippen molar-refractivity contribution < 1.29 is 19.0 Å². The van der Waals surface area contributed by atoms with E-state index >= 15 is 0 Å². The van der Waals surface area contributed by atoms with Gasteiger partial charge in [-0.15, -0.1) is 11.8 Å². The molecule has 0 saturated carbocycles. The molecular formula is C25H20ClNO4S. The lowest BCUT2D eigenvalue weighted by Gasteiger charge is -2.11. The minimum Gasteiger partial charge on any atom is -0.493 e. The van der Waals surface area contributed by atoms with E-state index in [0.29, 0.717) is 24.0 Å². The van der Waals surface area contributed by atoms with E-state index in [4.69, 9.17) is 25.8 Å². The van der Waals surface area contributed by atoms with Gasteiger partial charge in [-0.1, -0.05) is 35.9 Å². The van der Waals surface area contributed by atoms with Gasteiger partial charge in [-0.05, 0) is 60.2 Å². The van der Waals surface area contributed by atoms with Crippen LogP contribution in [0, 0.1) is 0 Å². The number of carbonyl (C=O) groups is 1. The van der Waals surface area contributed by atoms with Gasteiger partial charge < -0.3 is 14.2 Å². The summed E-state index contributed by atoms with van der Waals surface area (Å²) in [5.41, 5.74) is 1.75. The Bertz CT molecular complexity index is 1160. The zero-order chi connectivity index (χ0) is 22.3. The van der Waals surface area contributed by atoms with Crippen LogP contribution < -0.4 is 9.47 Å². The molecule has 0 saturated heterocycles. The SMILES string of the molecule is COc1cc(/C=C2/N=C(c3ccccc3)OC2=O)ccc1OCCSc1ccc(Cl)cc1. The second-order valence-corrected chi connectivity index (χ2v) is 8.37. The first-order valence-electron chi connectivity index (χ1n) is 9.89. The van der Waals surface area contributed by atoms with Crippen molar-refractivity contribution in [2.24, 2.45) is 4.99 Å². The Morgan fingerprint density at radius 1 is 1.03 bits per heavy atom. The summed E-state index contributed by atoms with van der Waals surface area (Å²) in [5.74, 6) is 1.80. The molecule has 0 spiro atoms. The zero-order valence-corrected chi connectivity index (χ0v) is 18.9. The highest BCUT2D eigenvalue weighted by Gasteiger charge is 2.24. The smallest absolute Gasteiger partial charge is 0.363 e. The lowest BCUT2D eigenvalue weighted by Crippen LogP contribution is -2.05. The van der Waals surface area contributed by atoms with Gasteiger partial charge in [0.2, 0.25) is 5.90 Å². The van der Waals surface area contributed by atoms with Crippen molar-refractivity contribution in [3.63, 3.8) is 0 Å². The van der Waals surface area contributed by atoms with Crippen LogP contribution in [-0.2, 0) is 9.53 Å². The molecule has 0 radical (unpaired) electrons. The average molecular weight is 466 g/mol. The van der Waals surface area contributed by atoms with Crippen molar-refractivity contribution in [2.75, 3.05) is 19.5 Å². The molecule has 1 aliphatic rings. The van der Waals surface area contributed by atoms with Gasteiger partial charge in [-0.25, -0.2) is 9.79 Å². The normalized spacial score (nSPS) is 14.2. The van der Waals surface area contributed by atoms with Gasteiger partial charge in [0.1, 0.15) is 0 Å². The number of rotatable bonds is 8.